The maximum atomic E-state index is 13.2. The van der Waals surface area contributed by atoms with Gasteiger partial charge in [0.2, 0.25) is 11.7 Å². The van der Waals surface area contributed by atoms with Gasteiger partial charge in [0, 0.05) is 23.7 Å². The van der Waals surface area contributed by atoms with E-state index in [1.54, 1.807) is 37.3 Å². The lowest BCUT2D eigenvalue weighted by molar-refractivity contribution is 0.0709. The van der Waals surface area contributed by atoms with Crippen LogP contribution < -0.4 is 9.47 Å². The molecule has 0 unspecified atom stereocenters. The molecule has 28 heavy (non-hydrogen) atoms. The van der Waals surface area contributed by atoms with Crippen molar-refractivity contribution in [2.24, 2.45) is 0 Å². The zero-order chi connectivity index (χ0) is 19.5. The van der Waals surface area contributed by atoms with Crippen LogP contribution in [0.15, 0.2) is 53.1 Å². The molecule has 1 aromatic heterocycles. The van der Waals surface area contributed by atoms with Crippen molar-refractivity contribution in [2.45, 2.75) is 18.9 Å². The van der Waals surface area contributed by atoms with Crippen LogP contribution in [0, 0.1) is 0 Å². The number of likely N-dealkylation sites (tertiary alicyclic amines) is 1. The summed E-state index contributed by atoms with van der Waals surface area (Å²) in [4.78, 5) is 19.5. The first-order valence-electron chi connectivity index (χ1n) is 9.12. The van der Waals surface area contributed by atoms with Gasteiger partial charge in [0.15, 0.2) is 0 Å². The number of rotatable bonds is 5. The fraction of sp³-hybridized carbons (Fsp3) is 0.286. The van der Waals surface area contributed by atoms with E-state index in [4.69, 9.17) is 14.0 Å². The second-order valence-electron chi connectivity index (χ2n) is 6.58. The molecular weight excluding hydrogens is 358 g/mol. The molecule has 0 aliphatic carbocycles. The van der Waals surface area contributed by atoms with Gasteiger partial charge in [0.05, 0.1) is 14.2 Å². The topological polar surface area (TPSA) is 77.7 Å². The Morgan fingerprint density at radius 3 is 2.50 bits per heavy atom. The van der Waals surface area contributed by atoms with E-state index in [2.05, 4.69) is 10.1 Å². The first kappa shape index (κ1) is 18.0. The van der Waals surface area contributed by atoms with Crippen LogP contribution in [0.25, 0.3) is 11.4 Å². The molecule has 2 heterocycles. The van der Waals surface area contributed by atoms with E-state index in [0.717, 1.165) is 18.4 Å². The Morgan fingerprint density at radius 2 is 1.82 bits per heavy atom. The van der Waals surface area contributed by atoms with E-state index in [9.17, 15) is 4.79 Å². The van der Waals surface area contributed by atoms with Gasteiger partial charge in [-0.1, -0.05) is 35.5 Å². The zero-order valence-corrected chi connectivity index (χ0v) is 15.8. The number of amides is 1. The summed E-state index contributed by atoms with van der Waals surface area (Å²) in [5.41, 5.74) is 1.39. The number of carbonyl (C=O) groups is 1. The fourth-order valence-corrected chi connectivity index (χ4v) is 3.44. The first-order chi connectivity index (χ1) is 13.7. The van der Waals surface area contributed by atoms with Crippen LogP contribution in [-0.4, -0.2) is 41.7 Å². The Kier molecular flexibility index (Phi) is 4.97. The smallest absolute Gasteiger partial charge is 0.254 e. The standard InChI is InChI=1S/C21H21N3O4/c1-26-16-11-15(12-17(13-16)27-2)21(25)24-10-6-9-18(24)20-22-19(23-28-20)14-7-4-3-5-8-14/h3-5,7-8,11-13,18H,6,9-10H2,1-2H3/t18-/m1/s1. The van der Waals surface area contributed by atoms with E-state index < -0.39 is 0 Å². The minimum absolute atomic E-state index is 0.112. The molecule has 144 valence electrons. The van der Waals surface area contributed by atoms with Crippen molar-refractivity contribution in [2.75, 3.05) is 20.8 Å². The molecule has 0 spiro atoms. The average molecular weight is 379 g/mol. The van der Waals surface area contributed by atoms with Crippen molar-refractivity contribution in [1.29, 1.82) is 0 Å². The van der Waals surface area contributed by atoms with Crippen LogP contribution in [0.1, 0.15) is 35.1 Å². The molecule has 1 aliphatic rings. The molecule has 1 aliphatic heterocycles. The molecule has 2 aromatic carbocycles. The van der Waals surface area contributed by atoms with E-state index in [1.807, 2.05) is 30.3 Å². The molecule has 0 radical (unpaired) electrons. The van der Waals surface area contributed by atoms with Gasteiger partial charge in [-0.25, -0.2) is 0 Å². The second-order valence-corrected chi connectivity index (χ2v) is 6.58. The van der Waals surface area contributed by atoms with Gasteiger partial charge in [-0.3, -0.25) is 4.79 Å². The summed E-state index contributed by atoms with van der Waals surface area (Å²) in [5, 5.41) is 4.09. The van der Waals surface area contributed by atoms with E-state index in [1.165, 1.54) is 0 Å². The lowest BCUT2D eigenvalue weighted by Gasteiger charge is -2.22. The molecule has 1 fully saturated rings. The highest BCUT2D eigenvalue weighted by Crippen LogP contribution is 2.34. The van der Waals surface area contributed by atoms with Crippen LogP contribution >= 0.6 is 0 Å². The van der Waals surface area contributed by atoms with Crippen molar-refractivity contribution >= 4 is 5.91 Å². The molecule has 1 atom stereocenters. The number of hydrogen-bond acceptors (Lipinski definition) is 6. The Labute approximate surface area is 162 Å². The maximum Gasteiger partial charge on any atom is 0.254 e. The largest absolute Gasteiger partial charge is 0.497 e. The summed E-state index contributed by atoms with van der Waals surface area (Å²) < 4.78 is 16.1. The summed E-state index contributed by atoms with van der Waals surface area (Å²) >= 11 is 0. The van der Waals surface area contributed by atoms with Gasteiger partial charge >= 0.3 is 0 Å². The van der Waals surface area contributed by atoms with Crippen LogP contribution in [0.5, 0.6) is 11.5 Å². The van der Waals surface area contributed by atoms with Gasteiger partial charge in [0.25, 0.3) is 5.91 Å². The molecular formula is C21H21N3O4. The quantitative estimate of drug-likeness (QED) is 0.672. The number of methoxy groups -OCH3 is 2. The highest BCUT2D eigenvalue weighted by Gasteiger charge is 2.35. The third-order valence-electron chi connectivity index (χ3n) is 4.87. The Balaban J connectivity index is 1.60. The van der Waals surface area contributed by atoms with Crippen molar-refractivity contribution in [3.05, 3.63) is 60.0 Å². The monoisotopic (exact) mass is 379 g/mol. The van der Waals surface area contributed by atoms with Gasteiger partial charge in [0.1, 0.15) is 17.5 Å². The van der Waals surface area contributed by atoms with Crippen molar-refractivity contribution in [3.63, 3.8) is 0 Å². The fourth-order valence-electron chi connectivity index (χ4n) is 3.44. The minimum atomic E-state index is -0.241. The second kappa shape index (κ2) is 7.72. The molecule has 0 N–H and O–H groups in total. The number of aromatic nitrogens is 2. The molecule has 7 nitrogen and oxygen atoms in total. The first-order valence-corrected chi connectivity index (χ1v) is 9.12. The number of hydrogen-bond donors (Lipinski definition) is 0. The highest BCUT2D eigenvalue weighted by molar-refractivity contribution is 5.95. The van der Waals surface area contributed by atoms with Crippen molar-refractivity contribution in [1.82, 2.24) is 15.0 Å². The average Bonchev–Trinajstić information content (AvgIpc) is 3.42. The summed E-state index contributed by atoms with van der Waals surface area (Å²) in [7, 11) is 3.12. The molecule has 1 amide bonds. The number of benzene rings is 2. The summed E-state index contributed by atoms with van der Waals surface area (Å²) in [6, 6.07) is 14.6. The molecule has 3 aromatic rings. The van der Waals surface area contributed by atoms with E-state index >= 15 is 0 Å². The number of carbonyl (C=O) groups excluding carboxylic acids is 1. The molecule has 1 saturated heterocycles. The van der Waals surface area contributed by atoms with Crippen molar-refractivity contribution in [3.8, 4) is 22.9 Å². The third-order valence-corrected chi connectivity index (χ3v) is 4.87. The Bertz CT molecular complexity index is 949. The predicted molar refractivity (Wildman–Crippen MR) is 102 cm³/mol. The summed E-state index contributed by atoms with van der Waals surface area (Å²) in [6.45, 7) is 0.631. The highest BCUT2D eigenvalue weighted by atomic mass is 16.5. The SMILES string of the molecule is COc1cc(OC)cc(C(=O)N2CCC[C@@H]2c2nc(-c3ccccc3)no2)c1. The van der Waals surface area contributed by atoms with Crippen molar-refractivity contribution < 1.29 is 18.8 Å². The molecule has 7 heteroatoms. The molecule has 4 rings (SSSR count). The van der Waals surface area contributed by atoms with Gasteiger partial charge in [-0.05, 0) is 25.0 Å². The number of ether oxygens (including phenoxy) is 2. The van der Waals surface area contributed by atoms with Crippen LogP contribution in [0.4, 0.5) is 0 Å². The normalized spacial score (nSPS) is 16.2. The zero-order valence-electron chi connectivity index (χ0n) is 15.8. The lowest BCUT2D eigenvalue weighted by Crippen LogP contribution is -2.30. The Morgan fingerprint density at radius 1 is 1.11 bits per heavy atom. The van der Waals surface area contributed by atoms with E-state index in [-0.39, 0.29) is 11.9 Å². The molecule has 0 bridgehead atoms. The van der Waals surface area contributed by atoms with Gasteiger partial charge in [-0.2, -0.15) is 4.98 Å². The predicted octanol–water partition coefficient (Wildman–Crippen LogP) is 3.73. The molecule has 0 saturated carbocycles. The third kappa shape index (κ3) is 3.43. The summed E-state index contributed by atoms with van der Waals surface area (Å²) in [6.07, 6.45) is 1.66. The maximum absolute atomic E-state index is 13.2. The van der Waals surface area contributed by atoms with Crippen LogP contribution in [0.2, 0.25) is 0 Å². The number of nitrogens with zero attached hydrogens (tertiary/aromatic N) is 3. The summed E-state index contributed by atoms with van der Waals surface area (Å²) in [5.74, 6) is 2.02. The van der Waals surface area contributed by atoms with Crippen LogP contribution in [0.3, 0.4) is 0 Å². The van der Waals surface area contributed by atoms with E-state index in [0.29, 0.717) is 35.3 Å². The van der Waals surface area contributed by atoms with Gasteiger partial charge in [-0.15, -0.1) is 0 Å². The van der Waals surface area contributed by atoms with Gasteiger partial charge < -0.3 is 18.9 Å². The Hall–Kier alpha value is -3.35. The van der Waals surface area contributed by atoms with Crippen LogP contribution in [-0.2, 0) is 0 Å². The lowest BCUT2D eigenvalue weighted by atomic mass is 10.1. The minimum Gasteiger partial charge on any atom is -0.497 e.